The Kier molecular flexibility index (Phi) is 9.32. The molecule has 3 rings (SSSR count). The third kappa shape index (κ3) is 7.36. The van der Waals surface area contributed by atoms with Crippen molar-refractivity contribution in [3.63, 3.8) is 0 Å². The van der Waals surface area contributed by atoms with E-state index in [1.165, 1.54) is 36.3 Å². The number of aromatic nitrogens is 2. The number of thioether (sulfide) groups is 1. The molecule has 1 aromatic heterocycles. The third-order valence-electron chi connectivity index (χ3n) is 4.47. The summed E-state index contributed by atoms with van der Waals surface area (Å²) in [5.41, 5.74) is 1.35. The van der Waals surface area contributed by atoms with Gasteiger partial charge in [0.1, 0.15) is 0 Å². The Balaban J connectivity index is 1.50. The van der Waals surface area contributed by atoms with Crippen LogP contribution in [-0.2, 0) is 9.59 Å². The van der Waals surface area contributed by atoms with Gasteiger partial charge >= 0.3 is 0 Å². The highest BCUT2D eigenvalue weighted by molar-refractivity contribution is 8.01. The summed E-state index contributed by atoms with van der Waals surface area (Å²) in [6.45, 7) is 0. The number of nitrogens with one attached hydrogen (secondary N) is 2. The lowest BCUT2D eigenvalue weighted by molar-refractivity contribution is -0.114. The van der Waals surface area contributed by atoms with Crippen molar-refractivity contribution in [3.8, 4) is 23.0 Å². The zero-order valence-corrected chi connectivity index (χ0v) is 21.1. The number of rotatable bonds is 11. The molecule has 0 bridgehead atoms. The standard InChI is InChI=1S/C23H24N4O6S2/c1-30-16-8-5-14(11-18(16)32-3)6-10-20(28)25-22-26-27-23(35-22)34-13-21(29)24-15-7-9-17(31-2)19(12-15)33-4/h5-12H,13H2,1-4H3,(H,24,29)(H,25,26,28)/b10-6+. The van der Waals surface area contributed by atoms with Crippen LogP contribution in [0.1, 0.15) is 5.56 Å². The Labute approximate surface area is 210 Å². The van der Waals surface area contributed by atoms with Gasteiger partial charge in [-0.2, -0.15) is 0 Å². The van der Waals surface area contributed by atoms with Gasteiger partial charge in [0.05, 0.1) is 34.2 Å². The molecule has 0 fully saturated rings. The van der Waals surface area contributed by atoms with Crippen LogP contribution < -0.4 is 29.6 Å². The minimum atomic E-state index is -0.362. The van der Waals surface area contributed by atoms with Gasteiger partial charge in [0.25, 0.3) is 0 Å². The highest BCUT2D eigenvalue weighted by Crippen LogP contribution is 2.31. The number of benzene rings is 2. The van der Waals surface area contributed by atoms with Crippen molar-refractivity contribution in [3.05, 3.63) is 48.0 Å². The lowest BCUT2D eigenvalue weighted by Gasteiger charge is -2.10. The third-order valence-corrected chi connectivity index (χ3v) is 6.44. The fourth-order valence-electron chi connectivity index (χ4n) is 2.83. The smallest absolute Gasteiger partial charge is 0.250 e. The number of hydrogen-bond acceptors (Lipinski definition) is 10. The number of ether oxygens (including phenoxy) is 4. The molecule has 0 saturated heterocycles. The van der Waals surface area contributed by atoms with Gasteiger partial charge < -0.3 is 24.3 Å². The number of amides is 2. The molecule has 0 radical (unpaired) electrons. The Morgan fingerprint density at radius 2 is 1.54 bits per heavy atom. The van der Waals surface area contributed by atoms with Gasteiger partial charge in [-0.25, -0.2) is 0 Å². The van der Waals surface area contributed by atoms with Crippen molar-refractivity contribution >= 4 is 51.8 Å². The van der Waals surface area contributed by atoms with E-state index >= 15 is 0 Å². The molecule has 0 aliphatic rings. The lowest BCUT2D eigenvalue weighted by Crippen LogP contribution is -2.14. The van der Waals surface area contributed by atoms with Crippen LogP contribution in [0.3, 0.4) is 0 Å². The highest BCUT2D eigenvalue weighted by Gasteiger charge is 2.11. The van der Waals surface area contributed by atoms with Crippen molar-refractivity contribution in [1.29, 1.82) is 0 Å². The van der Waals surface area contributed by atoms with Gasteiger partial charge in [-0.05, 0) is 35.9 Å². The first-order chi connectivity index (χ1) is 16.9. The van der Waals surface area contributed by atoms with Gasteiger partial charge in [0.2, 0.25) is 16.9 Å². The number of carbonyl (C=O) groups excluding carboxylic acids is 2. The molecule has 2 amide bonds. The summed E-state index contributed by atoms with van der Waals surface area (Å²) in [5.74, 6) is 1.79. The van der Waals surface area contributed by atoms with E-state index in [2.05, 4.69) is 20.8 Å². The van der Waals surface area contributed by atoms with E-state index in [9.17, 15) is 9.59 Å². The first-order valence-electron chi connectivity index (χ1n) is 10.1. The molecular formula is C23H24N4O6S2. The van der Waals surface area contributed by atoms with Crippen LogP contribution in [0.25, 0.3) is 6.08 Å². The zero-order valence-electron chi connectivity index (χ0n) is 19.5. The quantitative estimate of drug-likeness (QED) is 0.222. The van der Waals surface area contributed by atoms with Crippen LogP contribution in [0.4, 0.5) is 10.8 Å². The van der Waals surface area contributed by atoms with Gasteiger partial charge in [-0.1, -0.05) is 29.2 Å². The molecule has 0 aliphatic carbocycles. The van der Waals surface area contributed by atoms with Crippen molar-refractivity contribution < 1.29 is 28.5 Å². The van der Waals surface area contributed by atoms with Crippen molar-refractivity contribution in [1.82, 2.24) is 10.2 Å². The lowest BCUT2D eigenvalue weighted by atomic mass is 10.2. The second-order valence-electron chi connectivity index (χ2n) is 6.72. The Hall–Kier alpha value is -3.77. The fraction of sp³-hybridized carbons (Fsp3) is 0.217. The van der Waals surface area contributed by atoms with Crippen molar-refractivity contribution in [2.75, 3.05) is 44.8 Å². The van der Waals surface area contributed by atoms with Crippen LogP contribution in [-0.4, -0.2) is 56.2 Å². The van der Waals surface area contributed by atoms with E-state index in [4.69, 9.17) is 18.9 Å². The summed E-state index contributed by atoms with van der Waals surface area (Å²) >= 11 is 2.39. The van der Waals surface area contributed by atoms with Crippen molar-refractivity contribution in [2.24, 2.45) is 0 Å². The summed E-state index contributed by atoms with van der Waals surface area (Å²) in [6, 6.07) is 10.4. The second kappa shape index (κ2) is 12.6. The number of methoxy groups -OCH3 is 4. The summed E-state index contributed by atoms with van der Waals surface area (Å²) in [6.07, 6.45) is 3.03. The average Bonchev–Trinajstić information content (AvgIpc) is 3.32. The highest BCUT2D eigenvalue weighted by atomic mass is 32.2. The molecule has 12 heteroatoms. The summed E-state index contributed by atoms with van der Waals surface area (Å²) in [4.78, 5) is 24.5. The fourth-order valence-corrected chi connectivity index (χ4v) is 4.39. The monoisotopic (exact) mass is 516 g/mol. The van der Waals surface area contributed by atoms with E-state index in [1.807, 2.05) is 0 Å². The molecular weight excluding hydrogens is 492 g/mol. The Morgan fingerprint density at radius 3 is 2.23 bits per heavy atom. The molecule has 0 aliphatic heterocycles. The Morgan fingerprint density at radius 1 is 0.886 bits per heavy atom. The molecule has 0 unspecified atom stereocenters. The average molecular weight is 517 g/mol. The molecule has 0 spiro atoms. The molecule has 0 saturated carbocycles. The molecule has 10 nitrogen and oxygen atoms in total. The molecule has 1 heterocycles. The van der Waals surface area contributed by atoms with Crippen LogP contribution in [0.2, 0.25) is 0 Å². The molecule has 3 aromatic rings. The minimum Gasteiger partial charge on any atom is -0.493 e. The van der Waals surface area contributed by atoms with Crippen LogP contribution in [0.15, 0.2) is 46.8 Å². The predicted molar refractivity (Wildman–Crippen MR) is 136 cm³/mol. The van der Waals surface area contributed by atoms with Crippen LogP contribution >= 0.6 is 23.1 Å². The molecule has 2 N–H and O–H groups in total. The van der Waals surface area contributed by atoms with Crippen LogP contribution in [0, 0.1) is 0 Å². The molecule has 2 aromatic carbocycles. The number of hydrogen-bond donors (Lipinski definition) is 2. The number of anilines is 2. The minimum absolute atomic E-state index is 0.121. The first-order valence-corrected chi connectivity index (χ1v) is 11.9. The second-order valence-corrected chi connectivity index (χ2v) is 8.92. The first kappa shape index (κ1) is 25.8. The van der Waals surface area contributed by atoms with Gasteiger partial charge in [0, 0.05) is 17.8 Å². The van der Waals surface area contributed by atoms with Gasteiger partial charge in [0.15, 0.2) is 27.3 Å². The summed E-state index contributed by atoms with van der Waals surface area (Å²) < 4.78 is 21.4. The van der Waals surface area contributed by atoms with Gasteiger partial charge in [-0.3, -0.25) is 14.9 Å². The van der Waals surface area contributed by atoms with E-state index in [0.29, 0.717) is 38.2 Å². The SMILES string of the molecule is COc1ccc(/C=C/C(=O)Nc2nnc(SCC(=O)Nc3ccc(OC)c(OC)c3)s2)cc1OC. The number of carbonyl (C=O) groups is 2. The Bertz CT molecular complexity index is 1210. The predicted octanol–water partition coefficient (Wildman–Crippen LogP) is 3.96. The largest absolute Gasteiger partial charge is 0.493 e. The topological polar surface area (TPSA) is 121 Å². The van der Waals surface area contributed by atoms with Gasteiger partial charge in [-0.15, -0.1) is 10.2 Å². The maximum Gasteiger partial charge on any atom is 0.250 e. The maximum absolute atomic E-state index is 12.3. The molecule has 184 valence electrons. The van der Waals surface area contributed by atoms with E-state index in [-0.39, 0.29) is 17.6 Å². The molecule has 35 heavy (non-hydrogen) atoms. The normalized spacial score (nSPS) is 10.6. The van der Waals surface area contributed by atoms with E-state index in [1.54, 1.807) is 63.8 Å². The molecule has 0 atom stereocenters. The zero-order chi connectivity index (χ0) is 25.2. The maximum atomic E-state index is 12.3. The van der Waals surface area contributed by atoms with Crippen LogP contribution in [0.5, 0.6) is 23.0 Å². The number of nitrogens with zero attached hydrogens (tertiary/aromatic N) is 2. The summed E-state index contributed by atoms with van der Waals surface area (Å²) in [7, 11) is 6.17. The van der Waals surface area contributed by atoms with Crippen molar-refractivity contribution in [2.45, 2.75) is 4.34 Å². The summed E-state index contributed by atoms with van der Waals surface area (Å²) in [5, 5.41) is 13.7. The van der Waals surface area contributed by atoms with E-state index in [0.717, 1.165) is 5.56 Å². The van der Waals surface area contributed by atoms with E-state index < -0.39 is 0 Å².